The van der Waals surface area contributed by atoms with E-state index in [1.54, 1.807) is 54.1 Å². The lowest BCUT2D eigenvalue weighted by Gasteiger charge is -2.25. The molecular weight excluding hydrogens is 498 g/mol. The second-order valence-electron chi connectivity index (χ2n) is 10.3. The third kappa shape index (κ3) is 5.25. The highest BCUT2D eigenvalue weighted by atomic mass is 16.5. The van der Waals surface area contributed by atoms with E-state index < -0.39 is 0 Å². The van der Waals surface area contributed by atoms with Crippen molar-refractivity contribution in [1.82, 2.24) is 34.3 Å². The van der Waals surface area contributed by atoms with Gasteiger partial charge in [-0.15, -0.1) is 0 Å². The fraction of sp³-hybridized carbons (Fsp3) is 0.407. The van der Waals surface area contributed by atoms with Crippen LogP contribution in [0.1, 0.15) is 35.3 Å². The van der Waals surface area contributed by atoms with E-state index in [0.29, 0.717) is 59.6 Å². The lowest BCUT2D eigenvalue weighted by molar-refractivity contribution is -0.117. The van der Waals surface area contributed by atoms with Gasteiger partial charge in [0.25, 0.3) is 5.91 Å². The minimum Gasteiger partial charge on any atom is -0.383 e. The monoisotopic (exact) mass is 529 g/mol. The van der Waals surface area contributed by atoms with Crippen LogP contribution in [-0.2, 0) is 16.1 Å². The van der Waals surface area contributed by atoms with E-state index in [2.05, 4.69) is 35.7 Å². The highest BCUT2D eigenvalue weighted by Crippen LogP contribution is 2.37. The molecule has 4 aromatic rings. The third-order valence-electron chi connectivity index (χ3n) is 7.59. The highest BCUT2D eigenvalue weighted by molar-refractivity contribution is 6.09. The van der Waals surface area contributed by atoms with Gasteiger partial charge in [-0.2, -0.15) is 10.2 Å². The molecule has 12 heteroatoms. The van der Waals surface area contributed by atoms with E-state index in [1.165, 1.54) is 25.5 Å². The number of fused-ring (bicyclic) bond motifs is 3. The number of aryl methyl sites for hydroxylation is 1. The van der Waals surface area contributed by atoms with E-state index in [4.69, 9.17) is 4.74 Å². The number of hydrogen-bond donors (Lipinski definition) is 2. The van der Waals surface area contributed by atoms with Gasteiger partial charge in [-0.25, -0.2) is 4.52 Å². The van der Waals surface area contributed by atoms with Gasteiger partial charge >= 0.3 is 0 Å². The first-order valence-corrected chi connectivity index (χ1v) is 13.1. The number of amides is 2. The summed E-state index contributed by atoms with van der Waals surface area (Å²) in [5.74, 6) is 0.324. The van der Waals surface area contributed by atoms with Crippen LogP contribution in [0.5, 0.6) is 0 Å². The molecule has 1 aliphatic carbocycles. The second-order valence-corrected chi connectivity index (χ2v) is 10.3. The van der Waals surface area contributed by atoms with Gasteiger partial charge in [0.15, 0.2) is 0 Å². The van der Waals surface area contributed by atoms with Gasteiger partial charge in [0.1, 0.15) is 0 Å². The Morgan fingerprint density at radius 1 is 1.08 bits per heavy atom. The van der Waals surface area contributed by atoms with Crippen molar-refractivity contribution in [3.05, 3.63) is 54.5 Å². The molecule has 2 bridgehead atoms. The van der Waals surface area contributed by atoms with Gasteiger partial charge in [0, 0.05) is 31.5 Å². The second kappa shape index (κ2) is 10.5. The number of aromatic nitrogens is 6. The minimum absolute atomic E-state index is 0.0702. The largest absolute Gasteiger partial charge is 0.383 e. The SMILES string of the molecule is COCCn1cc(-c2cn3ncc(C(=O)Nc4cc(NC(=O)CN5C[C@@H]6CC[C@H]5C6)cnc4C)c3cn2)cn1. The summed E-state index contributed by atoms with van der Waals surface area (Å²) in [7, 11) is 1.65. The Balaban J connectivity index is 1.13. The summed E-state index contributed by atoms with van der Waals surface area (Å²) in [6.45, 7) is 4.39. The lowest BCUT2D eigenvalue weighted by Crippen LogP contribution is -2.38. The van der Waals surface area contributed by atoms with Crippen LogP contribution in [0.15, 0.2) is 43.2 Å². The molecule has 0 unspecified atom stereocenters. The molecule has 2 atom stereocenters. The summed E-state index contributed by atoms with van der Waals surface area (Å²) in [5, 5.41) is 14.5. The van der Waals surface area contributed by atoms with Gasteiger partial charge in [-0.05, 0) is 38.2 Å². The molecule has 1 saturated heterocycles. The van der Waals surface area contributed by atoms with Gasteiger partial charge in [0.05, 0.1) is 84.5 Å². The van der Waals surface area contributed by atoms with Gasteiger partial charge in [-0.3, -0.25) is 29.1 Å². The van der Waals surface area contributed by atoms with E-state index in [9.17, 15) is 9.59 Å². The summed E-state index contributed by atoms with van der Waals surface area (Å²) in [6.07, 6.45) is 13.8. The van der Waals surface area contributed by atoms with Crippen LogP contribution >= 0.6 is 0 Å². The zero-order valence-corrected chi connectivity index (χ0v) is 22.0. The maximum Gasteiger partial charge on any atom is 0.259 e. The molecule has 2 fully saturated rings. The molecule has 1 saturated carbocycles. The van der Waals surface area contributed by atoms with Crippen molar-refractivity contribution in [3.8, 4) is 11.3 Å². The zero-order chi connectivity index (χ0) is 26.9. The number of nitrogens with zero attached hydrogens (tertiary/aromatic N) is 7. The Morgan fingerprint density at radius 3 is 2.77 bits per heavy atom. The Labute approximate surface area is 225 Å². The maximum absolute atomic E-state index is 13.2. The number of anilines is 2. The van der Waals surface area contributed by atoms with Gasteiger partial charge in [-0.1, -0.05) is 0 Å². The van der Waals surface area contributed by atoms with E-state index in [1.807, 2.05) is 6.20 Å². The van der Waals surface area contributed by atoms with Crippen molar-refractivity contribution < 1.29 is 14.3 Å². The normalized spacial score (nSPS) is 18.6. The maximum atomic E-state index is 13.2. The number of piperidine rings is 1. The molecule has 6 rings (SSSR count). The van der Waals surface area contributed by atoms with Crippen LogP contribution in [0, 0.1) is 12.8 Å². The molecule has 4 aromatic heterocycles. The number of ether oxygens (including phenoxy) is 1. The molecule has 12 nitrogen and oxygen atoms in total. The predicted molar refractivity (Wildman–Crippen MR) is 144 cm³/mol. The van der Waals surface area contributed by atoms with Gasteiger partial charge < -0.3 is 15.4 Å². The molecule has 0 spiro atoms. The zero-order valence-electron chi connectivity index (χ0n) is 22.0. The molecular formula is C27H31N9O3. The summed E-state index contributed by atoms with van der Waals surface area (Å²) < 4.78 is 8.51. The van der Waals surface area contributed by atoms with E-state index in [-0.39, 0.29) is 11.8 Å². The standard InChI is InChI=1S/C27H31N9O3/c1-17-23(8-20(10-28-17)32-26(37)16-34-13-18-3-4-21(34)7-18)33-27(38)22-11-31-36-15-24(29-12-25(22)36)19-9-30-35(14-19)5-6-39-2/h8-12,14-15,18,21H,3-7,13,16H2,1-2H3,(H,32,37)(H,33,38)/t18-,21+/m1/s1. The van der Waals surface area contributed by atoms with Crippen LogP contribution in [0.25, 0.3) is 16.8 Å². The van der Waals surface area contributed by atoms with Crippen molar-refractivity contribution in [3.63, 3.8) is 0 Å². The lowest BCUT2D eigenvalue weighted by atomic mass is 10.1. The fourth-order valence-electron chi connectivity index (χ4n) is 5.53. The quantitative estimate of drug-likeness (QED) is 0.338. The molecule has 1 aliphatic heterocycles. The van der Waals surface area contributed by atoms with Crippen molar-refractivity contribution in [1.29, 1.82) is 0 Å². The predicted octanol–water partition coefficient (Wildman–Crippen LogP) is 2.62. The number of hydrogen-bond acceptors (Lipinski definition) is 8. The topological polar surface area (TPSA) is 132 Å². The summed E-state index contributed by atoms with van der Waals surface area (Å²) in [5.41, 5.74) is 4.17. The number of nitrogens with one attached hydrogen (secondary N) is 2. The Bertz CT molecular complexity index is 1530. The third-order valence-corrected chi connectivity index (χ3v) is 7.59. The van der Waals surface area contributed by atoms with E-state index >= 15 is 0 Å². The Hall–Kier alpha value is -4.16. The van der Waals surface area contributed by atoms with Crippen molar-refractivity contribution in [2.45, 2.75) is 38.8 Å². The molecule has 0 aromatic carbocycles. The minimum atomic E-state index is -0.339. The summed E-state index contributed by atoms with van der Waals surface area (Å²) in [6, 6.07) is 2.26. The van der Waals surface area contributed by atoms with Gasteiger partial charge in [0.2, 0.25) is 5.91 Å². The first kappa shape index (κ1) is 25.1. The molecule has 0 radical (unpaired) electrons. The average molecular weight is 530 g/mol. The molecule has 2 aliphatic rings. The summed E-state index contributed by atoms with van der Waals surface area (Å²) in [4.78, 5) is 37.0. The smallest absolute Gasteiger partial charge is 0.259 e. The van der Waals surface area contributed by atoms with E-state index in [0.717, 1.165) is 18.0 Å². The molecule has 202 valence electrons. The van der Waals surface area contributed by atoms with Crippen LogP contribution in [0.2, 0.25) is 0 Å². The van der Waals surface area contributed by atoms with Crippen molar-refractivity contribution in [2.75, 3.05) is 37.4 Å². The van der Waals surface area contributed by atoms with Crippen LogP contribution < -0.4 is 10.6 Å². The fourth-order valence-corrected chi connectivity index (χ4v) is 5.53. The number of methoxy groups -OCH3 is 1. The van der Waals surface area contributed by atoms with Crippen LogP contribution in [0.4, 0.5) is 11.4 Å². The number of carbonyl (C=O) groups excluding carboxylic acids is 2. The van der Waals surface area contributed by atoms with Crippen molar-refractivity contribution >= 4 is 28.7 Å². The number of rotatable bonds is 9. The average Bonchev–Trinajstić information content (AvgIpc) is 3.73. The van der Waals surface area contributed by atoms with Crippen LogP contribution in [-0.4, -0.2) is 78.9 Å². The van der Waals surface area contributed by atoms with Crippen LogP contribution in [0.3, 0.4) is 0 Å². The van der Waals surface area contributed by atoms with Crippen molar-refractivity contribution in [2.24, 2.45) is 5.92 Å². The molecule has 5 heterocycles. The molecule has 39 heavy (non-hydrogen) atoms. The molecule has 2 N–H and O–H groups in total. The Morgan fingerprint density at radius 2 is 1.97 bits per heavy atom. The number of likely N-dealkylation sites (tertiary alicyclic amines) is 1. The highest BCUT2D eigenvalue weighted by Gasteiger charge is 2.38. The first-order chi connectivity index (χ1) is 19.0. The number of pyridine rings is 1. The molecule has 2 amide bonds. The first-order valence-electron chi connectivity index (χ1n) is 13.1. The summed E-state index contributed by atoms with van der Waals surface area (Å²) >= 11 is 0. The Kier molecular flexibility index (Phi) is 6.79. The number of carbonyl (C=O) groups is 2.